The van der Waals surface area contributed by atoms with Gasteiger partial charge in [0.25, 0.3) is 0 Å². The molecule has 2 heteroatoms. The van der Waals surface area contributed by atoms with Gasteiger partial charge in [-0.15, -0.1) is 6.58 Å². The summed E-state index contributed by atoms with van der Waals surface area (Å²) in [7, 11) is 1.88. The Hall–Kier alpha value is -2.09. The van der Waals surface area contributed by atoms with Crippen LogP contribution in [0.15, 0.2) is 49.2 Å². The third kappa shape index (κ3) is 21.7. The summed E-state index contributed by atoms with van der Waals surface area (Å²) >= 11 is 0. The van der Waals surface area contributed by atoms with Crippen molar-refractivity contribution in [1.82, 2.24) is 10.3 Å². The van der Waals surface area contributed by atoms with E-state index in [1.807, 2.05) is 79.9 Å². The number of aromatic nitrogens is 1. The molecule has 0 bridgehead atoms. The van der Waals surface area contributed by atoms with Crippen molar-refractivity contribution in [2.24, 2.45) is 5.92 Å². The predicted molar refractivity (Wildman–Crippen MR) is 162 cm³/mol. The van der Waals surface area contributed by atoms with Gasteiger partial charge in [0.2, 0.25) is 0 Å². The maximum absolute atomic E-state index is 4.33. The van der Waals surface area contributed by atoms with Gasteiger partial charge < -0.3 is 5.32 Å². The highest BCUT2D eigenvalue weighted by molar-refractivity contribution is 5.78. The molecule has 0 spiro atoms. The fourth-order valence-corrected chi connectivity index (χ4v) is 2.49. The van der Waals surface area contributed by atoms with Gasteiger partial charge in [-0.2, -0.15) is 0 Å². The number of unbranched alkanes of at least 4 members (excludes halogenated alkanes) is 1. The maximum Gasteiger partial charge on any atom is 0.0471 e. The third-order valence-electron chi connectivity index (χ3n) is 5.06. The minimum absolute atomic E-state index is 0.902. The van der Waals surface area contributed by atoms with Gasteiger partial charge in [0.1, 0.15) is 0 Å². The van der Waals surface area contributed by atoms with E-state index >= 15 is 0 Å². The number of hydrogen-bond donors (Lipinski definition) is 1. The molecule has 198 valence electrons. The molecule has 0 radical (unpaired) electrons. The van der Waals surface area contributed by atoms with E-state index in [4.69, 9.17) is 0 Å². The van der Waals surface area contributed by atoms with Crippen LogP contribution in [0.3, 0.4) is 0 Å². The van der Waals surface area contributed by atoms with Gasteiger partial charge in [-0.05, 0) is 57.2 Å². The van der Waals surface area contributed by atoms with E-state index in [9.17, 15) is 0 Å². The van der Waals surface area contributed by atoms with E-state index in [0.717, 1.165) is 29.3 Å². The van der Waals surface area contributed by atoms with E-state index in [1.165, 1.54) is 42.4 Å². The second-order valence-corrected chi connectivity index (χ2v) is 7.89. The highest BCUT2D eigenvalue weighted by atomic mass is 14.8. The van der Waals surface area contributed by atoms with Crippen molar-refractivity contribution in [3.8, 4) is 0 Å². The van der Waals surface area contributed by atoms with E-state index in [-0.39, 0.29) is 0 Å². The van der Waals surface area contributed by atoms with Crippen molar-refractivity contribution < 1.29 is 0 Å². The zero-order valence-electron chi connectivity index (χ0n) is 25.4. The molecule has 0 saturated heterocycles. The average Bonchev–Trinajstić information content (AvgIpc) is 2.88. The van der Waals surface area contributed by atoms with E-state index in [1.54, 1.807) is 0 Å². The second-order valence-electron chi connectivity index (χ2n) is 7.89. The Kier molecular flexibility index (Phi) is 33.3. The van der Waals surface area contributed by atoms with Crippen LogP contribution < -0.4 is 5.32 Å². The highest BCUT2D eigenvalue weighted by Gasteiger charge is 2.10. The number of allylic oxidation sites excluding steroid dienone is 5. The summed E-state index contributed by atoms with van der Waals surface area (Å²) < 4.78 is 0. The van der Waals surface area contributed by atoms with Gasteiger partial charge in [0.15, 0.2) is 0 Å². The van der Waals surface area contributed by atoms with E-state index in [2.05, 4.69) is 64.2 Å². The third-order valence-corrected chi connectivity index (χ3v) is 5.06. The number of rotatable bonds is 9. The van der Waals surface area contributed by atoms with Gasteiger partial charge >= 0.3 is 0 Å². The number of pyridine rings is 1. The molecule has 0 saturated carbocycles. The van der Waals surface area contributed by atoms with Gasteiger partial charge in [0.05, 0.1) is 0 Å². The smallest absolute Gasteiger partial charge is 0.0471 e. The molecule has 1 heterocycles. The molecule has 0 fully saturated rings. The summed E-state index contributed by atoms with van der Waals surface area (Å²) in [4.78, 5) is 4.33. The standard InChI is InChI=1S/C15H20N2.C8H18.C5H10.2C2H6/c1-6-7-8-11(2)14-9-10-17-13(4)15(14)12(3)16-5;1-4-6-7-8(3)5-2;1-4-5(2)3;2*1-2/h6-10,16H,3H2,1-2,4-5H3;8H,4-7H2,1-3H3;2,4H2,1,3H3;2*1-2H3/b7-6-,11-8+;;;;. The van der Waals surface area contributed by atoms with Crippen molar-refractivity contribution in [1.29, 1.82) is 0 Å². The Morgan fingerprint density at radius 3 is 2.00 bits per heavy atom. The Balaban J connectivity index is -0.000000220. The van der Waals surface area contributed by atoms with Crippen LogP contribution in [0.2, 0.25) is 0 Å². The van der Waals surface area contributed by atoms with Crippen molar-refractivity contribution in [2.75, 3.05) is 7.05 Å². The number of aryl methyl sites for hydroxylation is 1. The number of hydrogen-bond acceptors (Lipinski definition) is 2. The molecule has 0 aliphatic carbocycles. The molecule has 1 rings (SSSR count). The fourth-order valence-electron chi connectivity index (χ4n) is 2.49. The molecule has 0 aliphatic heterocycles. The normalized spacial score (nSPS) is 10.7. The van der Waals surface area contributed by atoms with Gasteiger partial charge in [-0.25, -0.2) is 0 Å². The predicted octanol–water partition coefficient (Wildman–Crippen LogP) is 10.8. The average molecular weight is 473 g/mol. The number of nitrogens with one attached hydrogen (secondary N) is 1. The lowest BCUT2D eigenvalue weighted by molar-refractivity contribution is 0.492. The van der Waals surface area contributed by atoms with Crippen LogP contribution in [0.5, 0.6) is 0 Å². The van der Waals surface area contributed by atoms with Crippen molar-refractivity contribution in [3.05, 3.63) is 66.0 Å². The lowest BCUT2D eigenvalue weighted by Crippen LogP contribution is -2.08. The summed E-state index contributed by atoms with van der Waals surface area (Å²) in [5.41, 5.74) is 6.63. The molecule has 1 aromatic rings. The molecule has 0 amide bonds. The van der Waals surface area contributed by atoms with Crippen LogP contribution in [-0.4, -0.2) is 12.0 Å². The molecule has 1 N–H and O–H groups in total. The molecule has 1 atom stereocenters. The second kappa shape index (κ2) is 28.9. The first-order valence-electron chi connectivity index (χ1n) is 13.5. The summed E-state index contributed by atoms with van der Waals surface area (Å²) in [6.45, 7) is 32.8. The summed E-state index contributed by atoms with van der Waals surface area (Å²) in [5.74, 6) is 0.954. The molecule has 0 aliphatic rings. The van der Waals surface area contributed by atoms with E-state index in [0.29, 0.717) is 0 Å². The summed E-state index contributed by atoms with van der Waals surface area (Å²) in [6.07, 6.45) is 14.6. The van der Waals surface area contributed by atoms with Crippen molar-refractivity contribution in [3.63, 3.8) is 0 Å². The molecule has 0 aromatic carbocycles. The van der Waals surface area contributed by atoms with Crippen LogP contribution >= 0.6 is 0 Å². The van der Waals surface area contributed by atoms with Crippen molar-refractivity contribution >= 4 is 11.3 Å². The van der Waals surface area contributed by atoms with Crippen LogP contribution in [0.4, 0.5) is 0 Å². The lowest BCUT2D eigenvalue weighted by Gasteiger charge is -2.14. The minimum Gasteiger partial charge on any atom is -0.388 e. The van der Waals surface area contributed by atoms with Crippen molar-refractivity contribution in [2.45, 2.75) is 115 Å². The summed E-state index contributed by atoms with van der Waals surface area (Å²) in [6, 6.07) is 2.03. The SMILES string of the molecule is C=C(C)CC.C=C(NC)c1c(/C(C)=C/C=C\C)ccnc1C.CC.CC.CCCCC(C)CC. The largest absolute Gasteiger partial charge is 0.388 e. The topological polar surface area (TPSA) is 24.9 Å². The summed E-state index contributed by atoms with van der Waals surface area (Å²) in [5, 5.41) is 3.09. The van der Waals surface area contributed by atoms with E-state index < -0.39 is 0 Å². The van der Waals surface area contributed by atoms with Crippen LogP contribution in [0, 0.1) is 12.8 Å². The highest BCUT2D eigenvalue weighted by Crippen LogP contribution is 2.25. The van der Waals surface area contributed by atoms with Crippen LogP contribution in [-0.2, 0) is 0 Å². The molecular formula is C32H60N2. The zero-order chi connectivity index (χ0) is 27.5. The quantitative estimate of drug-likeness (QED) is 0.285. The van der Waals surface area contributed by atoms with Gasteiger partial charge in [0, 0.05) is 30.2 Å². The molecular weight excluding hydrogens is 412 g/mol. The number of nitrogens with zero attached hydrogens (tertiary/aromatic N) is 1. The first kappa shape index (κ1) is 39.1. The first-order valence-corrected chi connectivity index (χ1v) is 13.5. The molecule has 2 nitrogen and oxygen atoms in total. The zero-order valence-corrected chi connectivity index (χ0v) is 25.4. The Bertz CT molecular complexity index is 666. The maximum atomic E-state index is 4.33. The molecule has 1 aromatic heterocycles. The van der Waals surface area contributed by atoms with Gasteiger partial charge in [-0.3, -0.25) is 4.98 Å². The molecule has 34 heavy (non-hydrogen) atoms. The van der Waals surface area contributed by atoms with Crippen LogP contribution in [0.1, 0.15) is 125 Å². The Morgan fingerprint density at radius 1 is 1.09 bits per heavy atom. The Morgan fingerprint density at radius 2 is 1.62 bits per heavy atom. The first-order chi connectivity index (χ1) is 16.2. The fraction of sp³-hybridized carbons (Fsp3) is 0.594. The minimum atomic E-state index is 0.902. The van der Waals surface area contributed by atoms with Gasteiger partial charge in [-0.1, -0.05) is 111 Å². The lowest BCUT2D eigenvalue weighted by atomic mass is 9.98. The monoisotopic (exact) mass is 472 g/mol. The Labute approximate surface area is 215 Å². The molecule has 1 unspecified atom stereocenters. The van der Waals surface area contributed by atoms with Crippen LogP contribution in [0.25, 0.3) is 11.3 Å².